The SMILES string of the molecule is C[C@@H](O)CCn1c(=O)n(-c2cncc3ccccc23)c(=O)c2cc(C(F)(F)F)ccc21. The van der Waals surface area contributed by atoms with Gasteiger partial charge in [0.05, 0.1) is 34.5 Å². The molecule has 2 aromatic heterocycles. The quantitative estimate of drug-likeness (QED) is 0.539. The molecule has 0 unspecified atom stereocenters. The van der Waals surface area contributed by atoms with Gasteiger partial charge in [0.2, 0.25) is 0 Å². The summed E-state index contributed by atoms with van der Waals surface area (Å²) in [6.45, 7) is 1.57. The van der Waals surface area contributed by atoms with E-state index in [-0.39, 0.29) is 29.6 Å². The van der Waals surface area contributed by atoms with Gasteiger partial charge in [0.1, 0.15) is 0 Å². The molecule has 4 rings (SSSR count). The zero-order valence-electron chi connectivity index (χ0n) is 16.4. The summed E-state index contributed by atoms with van der Waals surface area (Å²) in [4.78, 5) is 30.7. The molecule has 0 saturated carbocycles. The molecule has 0 aliphatic rings. The van der Waals surface area contributed by atoms with Crippen LogP contribution in [0, 0.1) is 0 Å². The van der Waals surface area contributed by atoms with Crippen LogP contribution in [0.15, 0.2) is 64.4 Å². The smallest absolute Gasteiger partial charge is 0.393 e. The molecule has 4 aromatic rings. The minimum absolute atomic E-state index is 0.0246. The maximum absolute atomic E-state index is 13.3. The van der Waals surface area contributed by atoms with Crippen molar-refractivity contribution >= 4 is 21.7 Å². The fourth-order valence-corrected chi connectivity index (χ4v) is 3.57. The van der Waals surface area contributed by atoms with E-state index in [9.17, 15) is 27.9 Å². The van der Waals surface area contributed by atoms with Crippen LogP contribution in [0.3, 0.4) is 0 Å². The van der Waals surface area contributed by atoms with Gasteiger partial charge in [-0.15, -0.1) is 0 Å². The number of aliphatic hydroxyl groups is 1. The van der Waals surface area contributed by atoms with E-state index in [1.54, 1.807) is 37.4 Å². The predicted octanol–water partition coefficient (Wildman–Crippen LogP) is 3.49. The molecule has 0 saturated heterocycles. The van der Waals surface area contributed by atoms with Crippen molar-refractivity contribution in [3.05, 3.63) is 81.3 Å². The largest absolute Gasteiger partial charge is 0.416 e. The van der Waals surface area contributed by atoms with E-state index < -0.39 is 29.1 Å². The van der Waals surface area contributed by atoms with Crippen molar-refractivity contribution in [2.75, 3.05) is 0 Å². The summed E-state index contributed by atoms with van der Waals surface area (Å²) in [7, 11) is 0. The number of halogens is 3. The zero-order valence-corrected chi connectivity index (χ0v) is 16.4. The first-order valence-corrected chi connectivity index (χ1v) is 9.56. The van der Waals surface area contributed by atoms with Crippen LogP contribution < -0.4 is 11.2 Å². The van der Waals surface area contributed by atoms with Gasteiger partial charge in [-0.3, -0.25) is 14.3 Å². The second-order valence-electron chi connectivity index (χ2n) is 7.32. The third-order valence-electron chi connectivity index (χ3n) is 5.13. The van der Waals surface area contributed by atoms with Crippen LogP contribution in [0.2, 0.25) is 0 Å². The van der Waals surface area contributed by atoms with Crippen molar-refractivity contribution in [3.8, 4) is 5.69 Å². The predicted molar refractivity (Wildman–Crippen MR) is 110 cm³/mol. The standard InChI is InChI=1S/C22H18F3N3O3/c1-13(29)8-9-27-18-7-6-15(22(23,24)25)10-17(18)20(30)28(21(27)31)19-12-26-11-14-4-2-3-5-16(14)19/h2-7,10-13,29H,8-9H2,1H3/t13-/m1/s1. The minimum Gasteiger partial charge on any atom is -0.393 e. The first kappa shape index (κ1) is 20.8. The molecule has 2 heterocycles. The minimum atomic E-state index is -4.65. The Morgan fingerprint density at radius 2 is 1.81 bits per heavy atom. The Bertz CT molecular complexity index is 1400. The van der Waals surface area contributed by atoms with E-state index in [1.165, 1.54) is 10.8 Å². The molecule has 1 atom stereocenters. The van der Waals surface area contributed by atoms with Crippen LogP contribution in [0.25, 0.3) is 27.4 Å². The Kier molecular flexibility index (Phi) is 5.14. The third-order valence-corrected chi connectivity index (χ3v) is 5.13. The monoisotopic (exact) mass is 429 g/mol. The number of rotatable bonds is 4. The lowest BCUT2D eigenvalue weighted by Crippen LogP contribution is -2.39. The van der Waals surface area contributed by atoms with Gasteiger partial charge in [0.15, 0.2) is 0 Å². The third kappa shape index (κ3) is 3.72. The van der Waals surface area contributed by atoms with Gasteiger partial charge in [-0.1, -0.05) is 24.3 Å². The van der Waals surface area contributed by atoms with Crippen molar-refractivity contribution < 1.29 is 18.3 Å². The first-order valence-electron chi connectivity index (χ1n) is 9.56. The van der Waals surface area contributed by atoms with Crippen molar-refractivity contribution in [3.63, 3.8) is 0 Å². The molecular weight excluding hydrogens is 411 g/mol. The molecule has 0 aliphatic heterocycles. The van der Waals surface area contributed by atoms with E-state index in [2.05, 4.69) is 4.98 Å². The topological polar surface area (TPSA) is 77.1 Å². The normalized spacial score (nSPS) is 13.1. The summed E-state index contributed by atoms with van der Waals surface area (Å²) in [5.41, 5.74) is -2.31. The van der Waals surface area contributed by atoms with E-state index in [0.717, 1.165) is 22.8 Å². The van der Waals surface area contributed by atoms with Crippen molar-refractivity contribution in [1.82, 2.24) is 14.1 Å². The number of nitrogens with zero attached hydrogens (tertiary/aromatic N) is 3. The van der Waals surface area contributed by atoms with E-state index >= 15 is 0 Å². The zero-order chi connectivity index (χ0) is 22.3. The molecule has 6 nitrogen and oxygen atoms in total. The number of pyridine rings is 1. The summed E-state index contributed by atoms with van der Waals surface area (Å²) < 4.78 is 41.9. The lowest BCUT2D eigenvalue weighted by molar-refractivity contribution is -0.137. The van der Waals surface area contributed by atoms with Gasteiger partial charge < -0.3 is 5.11 Å². The summed E-state index contributed by atoms with van der Waals surface area (Å²) in [6, 6.07) is 9.67. The summed E-state index contributed by atoms with van der Waals surface area (Å²) in [6.07, 6.45) is -2.30. The van der Waals surface area contributed by atoms with E-state index in [0.29, 0.717) is 10.8 Å². The molecule has 0 radical (unpaired) electrons. The number of fused-ring (bicyclic) bond motifs is 2. The number of benzene rings is 2. The number of alkyl halides is 3. The van der Waals surface area contributed by atoms with Gasteiger partial charge in [0.25, 0.3) is 5.56 Å². The molecular formula is C22H18F3N3O3. The van der Waals surface area contributed by atoms with Gasteiger partial charge in [-0.2, -0.15) is 13.2 Å². The second-order valence-corrected chi connectivity index (χ2v) is 7.32. The van der Waals surface area contributed by atoms with Gasteiger partial charge in [-0.25, -0.2) is 9.36 Å². The highest BCUT2D eigenvalue weighted by atomic mass is 19.4. The Balaban J connectivity index is 2.11. The molecule has 9 heteroatoms. The number of aromatic nitrogens is 3. The number of aliphatic hydroxyl groups excluding tert-OH is 1. The van der Waals surface area contributed by atoms with Crippen molar-refractivity contribution in [2.24, 2.45) is 0 Å². The van der Waals surface area contributed by atoms with Crippen LogP contribution in [-0.4, -0.2) is 25.3 Å². The van der Waals surface area contributed by atoms with Gasteiger partial charge in [-0.05, 0) is 31.5 Å². The summed E-state index contributed by atoms with van der Waals surface area (Å²) >= 11 is 0. The fraction of sp³-hybridized carbons (Fsp3) is 0.227. The number of aryl methyl sites for hydroxylation is 1. The maximum atomic E-state index is 13.3. The van der Waals surface area contributed by atoms with Gasteiger partial charge >= 0.3 is 11.9 Å². The second kappa shape index (κ2) is 7.66. The van der Waals surface area contributed by atoms with Crippen LogP contribution in [0.4, 0.5) is 13.2 Å². The highest BCUT2D eigenvalue weighted by Crippen LogP contribution is 2.30. The average Bonchev–Trinajstić information content (AvgIpc) is 2.72. The molecule has 0 fully saturated rings. The Morgan fingerprint density at radius 3 is 2.52 bits per heavy atom. The molecule has 31 heavy (non-hydrogen) atoms. The molecule has 160 valence electrons. The molecule has 0 spiro atoms. The van der Waals surface area contributed by atoms with Crippen LogP contribution in [0.5, 0.6) is 0 Å². The summed E-state index contributed by atoms with van der Waals surface area (Å²) in [5.74, 6) is 0. The van der Waals surface area contributed by atoms with E-state index in [4.69, 9.17) is 0 Å². The van der Waals surface area contributed by atoms with Crippen LogP contribution in [0.1, 0.15) is 18.9 Å². The lowest BCUT2D eigenvalue weighted by atomic mass is 10.1. The van der Waals surface area contributed by atoms with Crippen molar-refractivity contribution in [1.29, 1.82) is 0 Å². The highest BCUT2D eigenvalue weighted by Gasteiger charge is 2.31. The van der Waals surface area contributed by atoms with E-state index in [1.807, 2.05) is 0 Å². The number of hydrogen-bond acceptors (Lipinski definition) is 4. The lowest BCUT2D eigenvalue weighted by Gasteiger charge is -2.17. The van der Waals surface area contributed by atoms with Gasteiger partial charge in [0, 0.05) is 23.5 Å². The molecule has 0 amide bonds. The molecule has 1 N–H and O–H groups in total. The fourth-order valence-electron chi connectivity index (χ4n) is 3.57. The van der Waals surface area contributed by atoms with Crippen LogP contribution >= 0.6 is 0 Å². The molecule has 0 bridgehead atoms. The average molecular weight is 429 g/mol. The molecule has 0 aliphatic carbocycles. The summed E-state index contributed by atoms with van der Waals surface area (Å²) in [5, 5.41) is 10.7. The Morgan fingerprint density at radius 1 is 1.06 bits per heavy atom. The maximum Gasteiger partial charge on any atom is 0.416 e. The first-order chi connectivity index (χ1) is 14.7. The number of hydrogen-bond donors (Lipinski definition) is 1. The Labute approximate surface area is 173 Å². The molecule has 2 aromatic carbocycles. The van der Waals surface area contributed by atoms with Crippen molar-refractivity contribution in [2.45, 2.75) is 32.2 Å². The highest BCUT2D eigenvalue weighted by molar-refractivity contribution is 5.89. The Hall–Kier alpha value is -3.46. The van der Waals surface area contributed by atoms with Crippen LogP contribution in [-0.2, 0) is 12.7 Å².